The van der Waals surface area contributed by atoms with Gasteiger partial charge in [-0.25, -0.2) is 8.42 Å². The lowest BCUT2D eigenvalue weighted by Crippen LogP contribution is -2.27. The fourth-order valence-electron chi connectivity index (χ4n) is 3.04. The van der Waals surface area contributed by atoms with E-state index in [1.54, 1.807) is 61.5 Å². The molecule has 0 atom stereocenters. The zero-order chi connectivity index (χ0) is 22.6. The Morgan fingerprint density at radius 1 is 0.968 bits per heavy atom. The van der Waals surface area contributed by atoms with Gasteiger partial charge in [-0.15, -0.1) is 0 Å². The number of hydrogen-bond donors (Lipinski definition) is 2. The maximum atomic E-state index is 13.0. The van der Waals surface area contributed by atoms with Crippen LogP contribution in [-0.4, -0.2) is 33.5 Å². The van der Waals surface area contributed by atoms with Gasteiger partial charge in [-0.3, -0.25) is 13.9 Å². The molecular weight excluding hydrogens is 418 g/mol. The number of furan rings is 1. The van der Waals surface area contributed by atoms with E-state index in [4.69, 9.17) is 4.42 Å². The van der Waals surface area contributed by atoms with Crippen LogP contribution in [0.1, 0.15) is 32.0 Å². The van der Waals surface area contributed by atoms with Crippen LogP contribution in [0.15, 0.2) is 65.3 Å². The van der Waals surface area contributed by atoms with Crippen molar-refractivity contribution in [2.24, 2.45) is 0 Å². The number of para-hydroxylation sites is 1. The maximum absolute atomic E-state index is 13.0. The van der Waals surface area contributed by atoms with Crippen LogP contribution in [-0.2, 0) is 16.6 Å². The lowest BCUT2D eigenvalue weighted by atomic mass is 10.1. The Balaban J connectivity index is 1.82. The standard InChI is InChI=1S/C22H23N3O5S/c1-15-17(10-6-12-20(15)25(2)31(3,28)29)22(27)24-19-11-5-4-9-18(19)21(26)23-14-16-8-7-13-30-16/h4-13H,14H2,1-3H3,(H,23,26)(H,24,27). The molecule has 3 rings (SSSR count). The zero-order valence-corrected chi connectivity index (χ0v) is 18.2. The van der Waals surface area contributed by atoms with Crippen LogP contribution >= 0.6 is 0 Å². The monoisotopic (exact) mass is 441 g/mol. The summed E-state index contributed by atoms with van der Waals surface area (Å²) in [5, 5.41) is 5.50. The molecule has 2 N–H and O–H groups in total. The summed E-state index contributed by atoms with van der Waals surface area (Å²) in [6, 6.07) is 15.0. The van der Waals surface area contributed by atoms with E-state index in [9.17, 15) is 18.0 Å². The smallest absolute Gasteiger partial charge is 0.256 e. The summed E-state index contributed by atoms with van der Waals surface area (Å²) in [6.45, 7) is 1.89. The number of carbonyl (C=O) groups excluding carboxylic acids is 2. The van der Waals surface area contributed by atoms with Crippen LogP contribution in [0.3, 0.4) is 0 Å². The predicted octanol–water partition coefficient (Wildman–Crippen LogP) is 3.17. The largest absolute Gasteiger partial charge is 0.467 e. The number of rotatable bonds is 7. The van der Waals surface area contributed by atoms with Crippen molar-refractivity contribution in [2.75, 3.05) is 22.9 Å². The molecule has 1 heterocycles. The molecule has 8 nitrogen and oxygen atoms in total. The average molecular weight is 442 g/mol. The number of benzene rings is 2. The molecule has 0 radical (unpaired) electrons. The van der Waals surface area contributed by atoms with Gasteiger partial charge in [0.25, 0.3) is 11.8 Å². The van der Waals surface area contributed by atoms with Crippen LogP contribution < -0.4 is 14.9 Å². The van der Waals surface area contributed by atoms with Gasteiger partial charge in [0, 0.05) is 12.6 Å². The third kappa shape index (κ3) is 5.13. The lowest BCUT2D eigenvalue weighted by molar-refractivity contribution is 0.0949. The summed E-state index contributed by atoms with van der Waals surface area (Å²) >= 11 is 0. The fraction of sp³-hybridized carbons (Fsp3) is 0.182. The number of hydrogen-bond acceptors (Lipinski definition) is 5. The van der Waals surface area contributed by atoms with Crippen LogP contribution in [0.5, 0.6) is 0 Å². The van der Waals surface area contributed by atoms with Crippen molar-refractivity contribution < 1.29 is 22.4 Å². The van der Waals surface area contributed by atoms with Crippen molar-refractivity contribution in [2.45, 2.75) is 13.5 Å². The zero-order valence-electron chi connectivity index (χ0n) is 17.4. The molecule has 0 aliphatic heterocycles. The average Bonchev–Trinajstić information content (AvgIpc) is 3.25. The topological polar surface area (TPSA) is 109 Å². The first-order valence-corrected chi connectivity index (χ1v) is 11.3. The molecule has 0 spiro atoms. The molecule has 0 fully saturated rings. The third-order valence-corrected chi connectivity index (χ3v) is 6.00. The van der Waals surface area contributed by atoms with Gasteiger partial charge in [-0.2, -0.15) is 0 Å². The third-order valence-electron chi connectivity index (χ3n) is 4.81. The predicted molar refractivity (Wildman–Crippen MR) is 119 cm³/mol. The van der Waals surface area contributed by atoms with E-state index < -0.39 is 15.9 Å². The minimum absolute atomic E-state index is 0.215. The molecule has 9 heteroatoms. The Morgan fingerprint density at radius 2 is 1.68 bits per heavy atom. The summed E-state index contributed by atoms with van der Waals surface area (Å²) in [4.78, 5) is 25.6. The van der Waals surface area contributed by atoms with Gasteiger partial charge in [0.2, 0.25) is 10.0 Å². The van der Waals surface area contributed by atoms with Crippen molar-refractivity contribution in [1.82, 2.24) is 5.32 Å². The summed E-state index contributed by atoms with van der Waals surface area (Å²) in [5.74, 6) is -0.209. The first-order chi connectivity index (χ1) is 14.7. The molecule has 2 amide bonds. The van der Waals surface area contributed by atoms with Gasteiger partial charge in [0.15, 0.2) is 0 Å². The van der Waals surface area contributed by atoms with Crippen molar-refractivity contribution in [3.63, 3.8) is 0 Å². The second-order valence-corrected chi connectivity index (χ2v) is 8.96. The summed E-state index contributed by atoms with van der Waals surface area (Å²) in [5.41, 5.74) is 1.85. The molecule has 3 aromatic rings. The normalized spacial score (nSPS) is 11.1. The summed E-state index contributed by atoms with van der Waals surface area (Å²) in [6.07, 6.45) is 2.62. The highest BCUT2D eigenvalue weighted by atomic mass is 32.2. The van der Waals surface area contributed by atoms with Crippen molar-refractivity contribution in [3.05, 3.63) is 83.3 Å². The number of carbonyl (C=O) groups is 2. The highest BCUT2D eigenvalue weighted by Crippen LogP contribution is 2.25. The van der Waals surface area contributed by atoms with Gasteiger partial charge in [-0.1, -0.05) is 18.2 Å². The van der Waals surface area contributed by atoms with E-state index >= 15 is 0 Å². The van der Waals surface area contributed by atoms with Crippen LogP contribution in [0.4, 0.5) is 11.4 Å². The molecule has 2 aromatic carbocycles. The van der Waals surface area contributed by atoms with Crippen molar-refractivity contribution in [3.8, 4) is 0 Å². The van der Waals surface area contributed by atoms with E-state index in [2.05, 4.69) is 10.6 Å². The quantitative estimate of drug-likeness (QED) is 0.585. The number of nitrogens with zero attached hydrogens (tertiary/aromatic N) is 1. The van der Waals surface area contributed by atoms with E-state index in [1.165, 1.54) is 13.3 Å². The van der Waals surface area contributed by atoms with E-state index in [-0.39, 0.29) is 12.5 Å². The second kappa shape index (κ2) is 9.05. The number of amides is 2. The molecule has 0 bridgehead atoms. The Hall–Kier alpha value is -3.59. The minimum Gasteiger partial charge on any atom is -0.467 e. The summed E-state index contributed by atoms with van der Waals surface area (Å²) in [7, 11) is -2.05. The maximum Gasteiger partial charge on any atom is 0.256 e. The van der Waals surface area contributed by atoms with E-state index in [1.807, 2.05) is 0 Å². The van der Waals surface area contributed by atoms with Crippen molar-refractivity contribution in [1.29, 1.82) is 0 Å². The molecule has 0 saturated heterocycles. The molecule has 1 aromatic heterocycles. The van der Waals surface area contributed by atoms with Crippen LogP contribution in [0, 0.1) is 6.92 Å². The van der Waals surface area contributed by atoms with E-state index in [0.717, 1.165) is 10.6 Å². The Morgan fingerprint density at radius 3 is 2.35 bits per heavy atom. The lowest BCUT2D eigenvalue weighted by Gasteiger charge is -2.20. The van der Waals surface area contributed by atoms with Gasteiger partial charge >= 0.3 is 0 Å². The minimum atomic E-state index is -3.48. The molecular formula is C22H23N3O5S. The highest BCUT2D eigenvalue weighted by Gasteiger charge is 2.20. The molecule has 162 valence electrons. The highest BCUT2D eigenvalue weighted by molar-refractivity contribution is 7.92. The van der Waals surface area contributed by atoms with E-state index in [0.29, 0.717) is 33.8 Å². The number of anilines is 2. The summed E-state index contributed by atoms with van der Waals surface area (Å²) < 4.78 is 30.1. The van der Waals surface area contributed by atoms with Gasteiger partial charge in [-0.05, 0) is 48.9 Å². The van der Waals surface area contributed by atoms with Crippen LogP contribution in [0.2, 0.25) is 0 Å². The van der Waals surface area contributed by atoms with Gasteiger partial charge in [0.1, 0.15) is 5.76 Å². The molecule has 0 aliphatic rings. The first kappa shape index (κ1) is 22.1. The molecule has 31 heavy (non-hydrogen) atoms. The van der Waals surface area contributed by atoms with Gasteiger partial charge < -0.3 is 15.1 Å². The number of nitrogens with one attached hydrogen (secondary N) is 2. The SMILES string of the molecule is Cc1c(C(=O)Nc2ccccc2C(=O)NCc2ccco2)cccc1N(C)S(C)(=O)=O. The van der Waals surface area contributed by atoms with Gasteiger partial charge in [0.05, 0.1) is 36.0 Å². The van der Waals surface area contributed by atoms with Crippen LogP contribution in [0.25, 0.3) is 0 Å². The Bertz CT molecular complexity index is 1200. The Kier molecular flexibility index (Phi) is 6.45. The molecule has 0 saturated carbocycles. The second-order valence-electron chi connectivity index (χ2n) is 6.94. The van der Waals surface area contributed by atoms with Crippen molar-refractivity contribution >= 4 is 33.2 Å². The molecule has 0 aliphatic carbocycles. The Labute approximate surface area is 180 Å². The first-order valence-electron chi connectivity index (χ1n) is 9.43. The molecule has 0 unspecified atom stereocenters. The fourth-order valence-corrected chi connectivity index (χ4v) is 3.60. The number of sulfonamides is 1.